The van der Waals surface area contributed by atoms with Crippen LogP contribution in [0.25, 0.3) is 10.8 Å². The second kappa shape index (κ2) is 10.2. The first-order chi connectivity index (χ1) is 17.6. The molecular formula is C27H25N5O4. The quantitative estimate of drug-likeness (QED) is 0.330. The molecule has 0 saturated heterocycles. The Labute approximate surface area is 207 Å². The number of benzene rings is 3. The summed E-state index contributed by atoms with van der Waals surface area (Å²) in [6.45, 7) is 0.669. The van der Waals surface area contributed by atoms with Crippen LogP contribution in [0, 0.1) is 0 Å². The summed E-state index contributed by atoms with van der Waals surface area (Å²) < 4.78 is 19.8. The number of aromatic nitrogens is 4. The molecule has 5 aromatic rings. The second-order valence-electron chi connectivity index (χ2n) is 8.02. The van der Waals surface area contributed by atoms with Crippen molar-refractivity contribution in [1.82, 2.24) is 19.6 Å². The first-order valence-electron chi connectivity index (χ1n) is 11.3. The van der Waals surface area contributed by atoms with Crippen LogP contribution in [-0.2, 0) is 13.3 Å². The van der Waals surface area contributed by atoms with Gasteiger partial charge >= 0.3 is 0 Å². The average molecular weight is 484 g/mol. The van der Waals surface area contributed by atoms with Gasteiger partial charge in [0, 0.05) is 12.4 Å². The normalized spacial score (nSPS) is 10.8. The minimum Gasteiger partial charge on any atom is -0.493 e. The number of nitrogens with one attached hydrogen (secondary N) is 1. The summed E-state index contributed by atoms with van der Waals surface area (Å²) in [5.74, 6) is 1.20. The Balaban J connectivity index is 1.22. The van der Waals surface area contributed by atoms with Crippen LogP contribution in [0.2, 0.25) is 0 Å². The minimum atomic E-state index is -0.340. The van der Waals surface area contributed by atoms with Crippen LogP contribution in [0.15, 0.2) is 85.3 Å². The molecule has 0 spiro atoms. The van der Waals surface area contributed by atoms with Gasteiger partial charge in [0.2, 0.25) is 5.75 Å². The van der Waals surface area contributed by atoms with Gasteiger partial charge in [0.15, 0.2) is 23.9 Å². The van der Waals surface area contributed by atoms with E-state index in [1.54, 1.807) is 55.7 Å². The van der Waals surface area contributed by atoms with E-state index >= 15 is 0 Å². The molecule has 0 aliphatic heterocycles. The van der Waals surface area contributed by atoms with Crippen molar-refractivity contribution in [3.63, 3.8) is 0 Å². The fraction of sp³-hybridized carbons (Fsp3) is 0.148. The number of anilines is 1. The standard InChI is InChI=1S/C27H25N5O4/c1-34-24-11-6-12-25(35-2)26(24)36-18-31-14-13-23(30-31)27(33)29-21-15-28-32(17-21)16-20-9-5-8-19-7-3-4-10-22(19)20/h3-15,17H,16,18H2,1-2H3,(H,29,33). The topological polar surface area (TPSA) is 92.4 Å². The maximum Gasteiger partial charge on any atom is 0.276 e. The zero-order valence-corrected chi connectivity index (χ0v) is 19.9. The molecule has 0 fully saturated rings. The molecule has 3 aromatic carbocycles. The predicted molar refractivity (Wildman–Crippen MR) is 136 cm³/mol. The van der Waals surface area contributed by atoms with Crippen LogP contribution in [0.4, 0.5) is 5.69 Å². The summed E-state index contributed by atoms with van der Waals surface area (Å²) in [7, 11) is 3.12. The Bertz CT molecular complexity index is 1480. The average Bonchev–Trinajstić information content (AvgIpc) is 3.57. The number of ether oxygens (including phenoxy) is 3. The summed E-state index contributed by atoms with van der Waals surface area (Å²) in [6.07, 6.45) is 5.09. The molecule has 1 amide bonds. The van der Waals surface area contributed by atoms with Crippen molar-refractivity contribution in [3.05, 3.63) is 96.6 Å². The van der Waals surface area contributed by atoms with E-state index in [-0.39, 0.29) is 18.3 Å². The highest BCUT2D eigenvalue weighted by atomic mass is 16.5. The van der Waals surface area contributed by atoms with Crippen molar-refractivity contribution in [2.75, 3.05) is 19.5 Å². The Morgan fingerprint density at radius 1 is 0.917 bits per heavy atom. The summed E-state index contributed by atoms with van der Waals surface area (Å²) in [4.78, 5) is 12.7. The van der Waals surface area contributed by atoms with E-state index in [1.165, 1.54) is 15.5 Å². The lowest BCUT2D eigenvalue weighted by atomic mass is 10.0. The molecule has 5 rings (SSSR count). The summed E-state index contributed by atoms with van der Waals surface area (Å²) in [5, 5.41) is 13.9. The lowest BCUT2D eigenvalue weighted by molar-refractivity contribution is 0.102. The van der Waals surface area contributed by atoms with Gasteiger partial charge < -0.3 is 19.5 Å². The van der Waals surface area contributed by atoms with Crippen LogP contribution in [0.3, 0.4) is 0 Å². The lowest BCUT2D eigenvalue weighted by Crippen LogP contribution is -2.14. The fourth-order valence-corrected chi connectivity index (χ4v) is 3.96. The van der Waals surface area contributed by atoms with Crippen molar-refractivity contribution in [2.45, 2.75) is 13.3 Å². The molecule has 182 valence electrons. The molecule has 0 saturated carbocycles. The lowest BCUT2D eigenvalue weighted by Gasteiger charge is -2.13. The fourth-order valence-electron chi connectivity index (χ4n) is 3.96. The molecule has 0 unspecified atom stereocenters. The smallest absolute Gasteiger partial charge is 0.276 e. The summed E-state index contributed by atoms with van der Waals surface area (Å²) >= 11 is 0. The van der Waals surface area contributed by atoms with Crippen molar-refractivity contribution >= 4 is 22.4 Å². The first kappa shape index (κ1) is 23.0. The molecule has 2 aromatic heterocycles. The molecule has 9 heteroatoms. The SMILES string of the molecule is COc1cccc(OC)c1OCn1ccc(C(=O)Nc2cnn(Cc3cccc4ccccc34)c2)n1. The van der Waals surface area contributed by atoms with E-state index in [2.05, 4.69) is 39.8 Å². The number of fused-ring (bicyclic) bond motifs is 1. The number of methoxy groups -OCH3 is 2. The van der Waals surface area contributed by atoms with Crippen LogP contribution >= 0.6 is 0 Å². The Morgan fingerprint density at radius 2 is 1.67 bits per heavy atom. The Kier molecular flexibility index (Phi) is 6.53. The number of amides is 1. The van der Waals surface area contributed by atoms with Crippen molar-refractivity contribution in [3.8, 4) is 17.2 Å². The molecule has 0 aliphatic rings. The Hall–Kier alpha value is -4.79. The van der Waals surface area contributed by atoms with E-state index < -0.39 is 0 Å². The van der Waals surface area contributed by atoms with Gasteiger partial charge in [-0.2, -0.15) is 10.2 Å². The number of hydrogen-bond donors (Lipinski definition) is 1. The van der Waals surface area contributed by atoms with Gasteiger partial charge in [-0.1, -0.05) is 48.5 Å². The van der Waals surface area contributed by atoms with Gasteiger partial charge in [-0.25, -0.2) is 4.68 Å². The molecule has 1 N–H and O–H groups in total. The summed E-state index contributed by atoms with van der Waals surface area (Å²) in [5.41, 5.74) is 2.00. The first-order valence-corrected chi connectivity index (χ1v) is 11.3. The number of para-hydroxylation sites is 1. The highest BCUT2D eigenvalue weighted by molar-refractivity contribution is 6.02. The zero-order chi connectivity index (χ0) is 24.9. The van der Waals surface area contributed by atoms with E-state index in [0.717, 1.165) is 5.56 Å². The van der Waals surface area contributed by atoms with Gasteiger partial charge in [0.05, 0.1) is 32.6 Å². The van der Waals surface area contributed by atoms with Crippen LogP contribution in [0.1, 0.15) is 16.1 Å². The highest BCUT2D eigenvalue weighted by Crippen LogP contribution is 2.36. The van der Waals surface area contributed by atoms with E-state index in [4.69, 9.17) is 14.2 Å². The minimum absolute atomic E-state index is 0.0764. The predicted octanol–water partition coefficient (Wildman–Crippen LogP) is 4.59. The molecule has 36 heavy (non-hydrogen) atoms. The van der Waals surface area contributed by atoms with Gasteiger partial charge in [-0.15, -0.1) is 0 Å². The Morgan fingerprint density at radius 3 is 2.47 bits per heavy atom. The zero-order valence-electron chi connectivity index (χ0n) is 19.9. The van der Waals surface area contributed by atoms with E-state index in [9.17, 15) is 4.79 Å². The molecule has 0 bridgehead atoms. The van der Waals surface area contributed by atoms with Crippen molar-refractivity contribution in [1.29, 1.82) is 0 Å². The third-order valence-electron chi connectivity index (χ3n) is 5.70. The van der Waals surface area contributed by atoms with Crippen LogP contribution in [-0.4, -0.2) is 39.7 Å². The van der Waals surface area contributed by atoms with Gasteiger partial charge in [0.25, 0.3) is 5.91 Å². The van der Waals surface area contributed by atoms with E-state index in [1.807, 2.05) is 24.3 Å². The van der Waals surface area contributed by atoms with Gasteiger partial charge in [-0.3, -0.25) is 9.48 Å². The maximum atomic E-state index is 12.7. The molecular weight excluding hydrogens is 458 g/mol. The largest absolute Gasteiger partial charge is 0.493 e. The number of hydrogen-bond acceptors (Lipinski definition) is 6. The van der Waals surface area contributed by atoms with Crippen molar-refractivity contribution < 1.29 is 19.0 Å². The van der Waals surface area contributed by atoms with Crippen molar-refractivity contribution in [2.24, 2.45) is 0 Å². The number of carbonyl (C=O) groups excluding carboxylic acids is 1. The number of rotatable bonds is 9. The van der Waals surface area contributed by atoms with E-state index in [0.29, 0.717) is 29.5 Å². The number of nitrogens with zero attached hydrogens (tertiary/aromatic N) is 4. The number of carbonyl (C=O) groups is 1. The molecule has 0 aliphatic carbocycles. The summed E-state index contributed by atoms with van der Waals surface area (Å²) in [6, 6.07) is 21.4. The maximum absolute atomic E-state index is 12.7. The van der Waals surface area contributed by atoms with Gasteiger partial charge in [0.1, 0.15) is 0 Å². The molecule has 2 heterocycles. The second-order valence-corrected chi connectivity index (χ2v) is 8.02. The van der Waals surface area contributed by atoms with Crippen LogP contribution < -0.4 is 19.5 Å². The molecule has 9 nitrogen and oxygen atoms in total. The third kappa shape index (κ3) is 4.85. The third-order valence-corrected chi connectivity index (χ3v) is 5.70. The van der Waals surface area contributed by atoms with Crippen LogP contribution in [0.5, 0.6) is 17.2 Å². The molecule has 0 radical (unpaired) electrons. The highest BCUT2D eigenvalue weighted by Gasteiger charge is 2.14. The monoisotopic (exact) mass is 483 g/mol. The van der Waals surface area contributed by atoms with Gasteiger partial charge in [-0.05, 0) is 34.5 Å². The molecule has 0 atom stereocenters.